The average Bonchev–Trinajstić information content (AvgIpc) is 1.41. The lowest BCUT2D eigenvalue weighted by Gasteiger charge is -1.76. The van der Waals surface area contributed by atoms with Crippen molar-refractivity contribution in [2.75, 3.05) is 5.88 Å². The van der Waals surface area contributed by atoms with Crippen molar-refractivity contribution in [3.05, 3.63) is 6.42 Å². The second-order valence-corrected chi connectivity index (χ2v) is 1.16. The number of halogens is 1. The third-order valence-electron chi connectivity index (χ3n) is 0.398. The maximum Gasteiger partial charge on any atom is 0.0254 e. The zero-order valence-electron chi connectivity index (χ0n) is 3.37. The number of rotatable bonds is 2. The van der Waals surface area contributed by atoms with Crippen LogP contribution >= 0.6 is 11.6 Å². The third-order valence-corrected chi connectivity index (χ3v) is 0.616. The molecule has 0 atom stereocenters. The monoisotopic (exact) mass is 91.0 g/mol. The van der Waals surface area contributed by atoms with Crippen molar-refractivity contribution in [2.45, 2.75) is 13.3 Å². The normalized spacial score (nSPS) is 8.40. The lowest BCUT2D eigenvalue weighted by Crippen LogP contribution is -1.67. The van der Waals surface area contributed by atoms with Crippen molar-refractivity contribution in [2.24, 2.45) is 0 Å². The van der Waals surface area contributed by atoms with E-state index in [1.54, 1.807) is 0 Å². The van der Waals surface area contributed by atoms with Crippen LogP contribution < -0.4 is 0 Å². The van der Waals surface area contributed by atoms with Gasteiger partial charge in [-0.1, -0.05) is 13.3 Å². The first-order chi connectivity index (χ1) is 2.41. The van der Waals surface area contributed by atoms with E-state index < -0.39 is 0 Å². The van der Waals surface area contributed by atoms with Crippen LogP contribution in [-0.2, 0) is 0 Å². The van der Waals surface area contributed by atoms with Gasteiger partial charge in [0.2, 0.25) is 0 Å². The Balaban J connectivity index is 2.19. The van der Waals surface area contributed by atoms with Gasteiger partial charge >= 0.3 is 0 Å². The molecule has 1 radical (unpaired) electrons. The van der Waals surface area contributed by atoms with Crippen molar-refractivity contribution >= 4 is 11.6 Å². The molecule has 5 heavy (non-hydrogen) atoms. The smallest absolute Gasteiger partial charge is 0.0254 e. The van der Waals surface area contributed by atoms with E-state index in [1.165, 1.54) is 0 Å². The highest BCUT2D eigenvalue weighted by molar-refractivity contribution is 6.18. The summed E-state index contributed by atoms with van der Waals surface area (Å²) in [5.41, 5.74) is 0. The van der Waals surface area contributed by atoms with E-state index in [0.717, 1.165) is 6.42 Å². The standard InChI is InChI=1S/C4H8Cl/c1-2-3-4-5/h3H,2,4H2,1H3. The van der Waals surface area contributed by atoms with Crippen LogP contribution in [0.3, 0.4) is 0 Å². The van der Waals surface area contributed by atoms with Gasteiger partial charge in [-0.05, 0) is 6.42 Å². The fourth-order valence-corrected chi connectivity index (χ4v) is 0.327. The molecule has 0 N–H and O–H groups in total. The quantitative estimate of drug-likeness (QED) is 0.455. The van der Waals surface area contributed by atoms with Crippen molar-refractivity contribution in [1.82, 2.24) is 0 Å². The number of alkyl halides is 1. The molecule has 0 saturated carbocycles. The van der Waals surface area contributed by atoms with Crippen LogP contribution in [0.15, 0.2) is 0 Å². The SMILES string of the molecule is CC[CH]CCl. The molecule has 0 heterocycles. The van der Waals surface area contributed by atoms with Crippen LogP contribution in [0.2, 0.25) is 0 Å². The molecule has 0 amide bonds. The van der Waals surface area contributed by atoms with Gasteiger partial charge in [-0.25, -0.2) is 0 Å². The average molecular weight is 91.6 g/mol. The van der Waals surface area contributed by atoms with Gasteiger partial charge in [-0.15, -0.1) is 11.6 Å². The highest BCUT2D eigenvalue weighted by Gasteiger charge is 1.70. The number of hydrogen-bond donors (Lipinski definition) is 0. The Hall–Kier alpha value is 0.290. The topological polar surface area (TPSA) is 0 Å². The van der Waals surface area contributed by atoms with Gasteiger partial charge in [0.1, 0.15) is 0 Å². The Morgan fingerprint density at radius 2 is 2.40 bits per heavy atom. The fraction of sp³-hybridized carbons (Fsp3) is 0.750. The number of hydrogen-bond acceptors (Lipinski definition) is 0. The van der Waals surface area contributed by atoms with E-state index in [4.69, 9.17) is 11.6 Å². The van der Waals surface area contributed by atoms with E-state index in [2.05, 4.69) is 6.92 Å². The van der Waals surface area contributed by atoms with E-state index in [1.807, 2.05) is 6.42 Å². The van der Waals surface area contributed by atoms with Crippen LogP contribution in [0.1, 0.15) is 13.3 Å². The molecule has 0 aliphatic rings. The van der Waals surface area contributed by atoms with E-state index in [-0.39, 0.29) is 0 Å². The maximum atomic E-state index is 5.25. The Kier molecular flexibility index (Phi) is 4.54. The summed E-state index contributed by atoms with van der Waals surface area (Å²) in [5.74, 6) is 0.691. The Morgan fingerprint density at radius 3 is 2.40 bits per heavy atom. The minimum Gasteiger partial charge on any atom is -0.126 e. The first kappa shape index (κ1) is 5.29. The predicted octanol–water partition coefficient (Wildman–Crippen LogP) is 1.84. The van der Waals surface area contributed by atoms with Crippen molar-refractivity contribution in [3.63, 3.8) is 0 Å². The largest absolute Gasteiger partial charge is 0.126 e. The first-order valence-corrected chi connectivity index (χ1v) is 2.33. The maximum absolute atomic E-state index is 5.25. The molecule has 0 unspecified atom stereocenters. The molecule has 0 aromatic rings. The summed E-state index contributed by atoms with van der Waals surface area (Å²) in [5, 5.41) is 0. The Bertz CT molecular complexity index is 11.1. The summed E-state index contributed by atoms with van der Waals surface area (Å²) in [6.45, 7) is 2.07. The third kappa shape index (κ3) is 4.29. The zero-order chi connectivity index (χ0) is 4.12. The second kappa shape index (κ2) is 4.29. The summed E-state index contributed by atoms with van der Waals surface area (Å²) in [7, 11) is 0. The van der Waals surface area contributed by atoms with Gasteiger partial charge in [0.25, 0.3) is 0 Å². The molecule has 0 aromatic heterocycles. The van der Waals surface area contributed by atoms with E-state index in [0.29, 0.717) is 5.88 Å². The van der Waals surface area contributed by atoms with Gasteiger partial charge in [0, 0.05) is 5.88 Å². The van der Waals surface area contributed by atoms with Crippen LogP contribution in [0, 0.1) is 6.42 Å². The Morgan fingerprint density at radius 1 is 1.80 bits per heavy atom. The molecule has 0 saturated heterocycles. The van der Waals surface area contributed by atoms with Crippen LogP contribution in [0.25, 0.3) is 0 Å². The zero-order valence-corrected chi connectivity index (χ0v) is 4.13. The minimum absolute atomic E-state index is 0.691. The van der Waals surface area contributed by atoms with Crippen molar-refractivity contribution in [3.8, 4) is 0 Å². The second-order valence-electron chi connectivity index (χ2n) is 0.851. The molecule has 0 nitrogen and oxygen atoms in total. The molecule has 0 aromatic carbocycles. The minimum atomic E-state index is 0.691. The summed E-state index contributed by atoms with van der Waals surface area (Å²) in [6, 6.07) is 0. The molecular weight excluding hydrogens is 83.5 g/mol. The summed E-state index contributed by atoms with van der Waals surface area (Å²) < 4.78 is 0. The predicted molar refractivity (Wildman–Crippen MR) is 25.3 cm³/mol. The summed E-state index contributed by atoms with van der Waals surface area (Å²) >= 11 is 5.25. The van der Waals surface area contributed by atoms with Gasteiger partial charge in [-0.3, -0.25) is 0 Å². The lowest BCUT2D eigenvalue weighted by atomic mass is 10.4. The van der Waals surface area contributed by atoms with Crippen LogP contribution in [-0.4, -0.2) is 5.88 Å². The molecule has 0 aliphatic carbocycles. The van der Waals surface area contributed by atoms with Crippen molar-refractivity contribution in [1.29, 1.82) is 0 Å². The molecule has 1 heteroatoms. The number of unbranched alkanes of at least 4 members (excludes halogenated alkanes) is 1. The van der Waals surface area contributed by atoms with Crippen LogP contribution in [0.5, 0.6) is 0 Å². The highest BCUT2D eigenvalue weighted by atomic mass is 35.5. The molecular formula is C4H8Cl. The molecule has 31 valence electrons. The lowest BCUT2D eigenvalue weighted by molar-refractivity contribution is 1.10. The molecule has 0 rings (SSSR count). The molecule has 0 fully saturated rings. The first-order valence-electron chi connectivity index (χ1n) is 1.79. The van der Waals surface area contributed by atoms with Gasteiger partial charge in [-0.2, -0.15) is 0 Å². The summed E-state index contributed by atoms with van der Waals surface area (Å²) in [6.07, 6.45) is 3.10. The van der Waals surface area contributed by atoms with Crippen molar-refractivity contribution < 1.29 is 0 Å². The fourth-order valence-electron chi connectivity index (χ4n) is 0.109. The molecule has 0 aliphatic heterocycles. The van der Waals surface area contributed by atoms with E-state index in [9.17, 15) is 0 Å². The van der Waals surface area contributed by atoms with Gasteiger partial charge in [0.15, 0.2) is 0 Å². The molecule has 0 spiro atoms. The van der Waals surface area contributed by atoms with Gasteiger partial charge < -0.3 is 0 Å². The van der Waals surface area contributed by atoms with Gasteiger partial charge in [0.05, 0.1) is 0 Å². The van der Waals surface area contributed by atoms with Crippen LogP contribution in [0.4, 0.5) is 0 Å². The highest BCUT2D eigenvalue weighted by Crippen LogP contribution is 1.84. The Labute approximate surface area is 38.1 Å². The molecule has 0 bridgehead atoms. The van der Waals surface area contributed by atoms with E-state index >= 15 is 0 Å². The summed E-state index contributed by atoms with van der Waals surface area (Å²) in [4.78, 5) is 0.